The summed E-state index contributed by atoms with van der Waals surface area (Å²) in [5.41, 5.74) is 0.782. The van der Waals surface area contributed by atoms with Gasteiger partial charge in [0.1, 0.15) is 18.5 Å². The van der Waals surface area contributed by atoms with Crippen LogP contribution in [0.25, 0.3) is 0 Å². The van der Waals surface area contributed by atoms with E-state index in [9.17, 15) is 21.8 Å². The first kappa shape index (κ1) is 21.3. The molecule has 2 N–H and O–H groups in total. The average Bonchev–Trinajstić information content (AvgIpc) is 2.61. The van der Waals surface area contributed by atoms with Crippen LogP contribution >= 0.6 is 0 Å². The molecule has 2 aromatic rings. The van der Waals surface area contributed by atoms with E-state index in [0.717, 1.165) is 18.0 Å². The van der Waals surface area contributed by atoms with E-state index in [2.05, 4.69) is 10.3 Å². The number of alkyl halides is 3. The zero-order valence-corrected chi connectivity index (χ0v) is 15.2. The molecule has 1 unspecified atom stereocenters. The Kier molecular flexibility index (Phi) is 7.69. The number of nitrogens with one attached hydrogen (secondary N) is 2. The summed E-state index contributed by atoms with van der Waals surface area (Å²) >= 11 is 0. The number of aromatic nitrogens is 1. The lowest BCUT2D eigenvalue weighted by Crippen LogP contribution is -2.34. The number of nitrogens with zero attached hydrogens (tertiary/aromatic N) is 1. The van der Waals surface area contributed by atoms with Crippen LogP contribution in [0.5, 0.6) is 5.88 Å². The van der Waals surface area contributed by atoms with E-state index in [-0.39, 0.29) is 5.56 Å². The van der Waals surface area contributed by atoms with Crippen molar-refractivity contribution in [3.8, 4) is 5.88 Å². The smallest absolute Gasteiger partial charge is 0.408 e. The SMILES string of the molecule is CS(=O)N[C@@H](c1ccc(CNCCOc2ccc(F)cn2)cc1)C(F)(F)F. The number of pyridine rings is 1. The van der Waals surface area contributed by atoms with Crippen molar-refractivity contribution < 1.29 is 26.5 Å². The van der Waals surface area contributed by atoms with Crippen LogP contribution in [0.2, 0.25) is 0 Å². The minimum Gasteiger partial charge on any atom is -0.476 e. The molecule has 0 bridgehead atoms. The third-order valence-electron chi connectivity index (χ3n) is 3.48. The van der Waals surface area contributed by atoms with Crippen LogP contribution in [0.4, 0.5) is 17.6 Å². The van der Waals surface area contributed by atoms with Gasteiger partial charge in [-0.1, -0.05) is 24.3 Å². The lowest BCUT2D eigenvalue weighted by molar-refractivity contribution is -0.152. The number of benzene rings is 1. The van der Waals surface area contributed by atoms with Crippen molar-refractivity contribution in [2.75, 3.05) is 19.4 Å². The Balaban J connectivity index is 1.80. The first-order chi connectivity index (χ1) is 12.8. The van der Waals surface area contributed by atoms with Crippen LogP contribution in [-0.4, -0.2) is 34.8 Å². The molecule has 5 nitrogen and oxygen atoms in total. The Morgan fingerprint density at radius 2 is 1.89 bits per heavy atom. The van der Waals surface area contributed by atoms with Crippen molar-refractivity contribution in [1.82, 2.24) is 15.0 Å². The summed E-state index contributed by atoms with van der Waals surface area (Å²) < 4.78 is 70.4. The molecule has 0 fully saturated rings. The molecule has 148 valence electrons. The van der Waals surface area contributed by atoms with Gasteiger partial charge in [0.25, 0.3) is 0 Å². The zero-order chi connectivity index (χ0) is 19.9. The van der Waals surface area contributed by atoms with E-state index in [1.54, 1.807) is 12.1 Å². The molecular weight excluding hydrogens is 386 g/mol. The Labute approximate surface area is 156 Å². The maximum atomic E-state index is 13.1. The number of hydrogen-bond acceptors (Lipinski definition) is 4. The van der Waals surface area contributed by atoms with E-state index in [4.69, 9.17) is 4.74 Å². The summed E-state index contributed by atoms with van der Waals surface area (Å²) in [5.74, 6) is -0.140. The van der Waals surface area contributed by atoms with Gasteiger partial charge in [0.05, 0.1) is 17.2 Å². The molecule has 2 rings (SSSR count). The standard InChI is InChI=1S/C17H19F4N3O2S/c1-27(25)24-16(17(19,20)21)13-4-2-12(3-5-13)10-22-8-9-26-15-7-6-14(18)11-23-15/h2-7,11,16,22,24H,8-10H2,1H3/t16-,27?/m0/s1. The maximum Gasteiger partial charge on any atom is 0.408 e. The van der Waals surface area contributed by atoms with E-state index in [1.807, 2.05) is 4.72 Å². The van der Waals surface area contributed by atoms with Crippen LogP contribution in [0.15, 0.2) is 42.6 Å². The van der Waals surface area contributed by atoms with Crippen LogP contribution in [0.1, 0.15) is 17.2 Å². The van der Waals surface area contributed by atoms with Crippen molar-refractivity contribution in [2.45, 2.75) is 18.8 Å². The molecule has 0 aliphatic carbocycles. The van der Waals surface area contributed by atoms with Gasteiger partial charge >= 0.3 is 6.18 Å². The summed E-state index contributed by atoms with van der Waals surface area (Å²) in [4.78, 5) is 3.76. The Morgan fingerprint density at radius 3 is 2.44 bits per heavy atom. The monoisotopic (exact) mass is 405 g/mol. The first-order valence-electron chi connectivity index (χ1n) is 7.96. The quantitative estimate of drug-likeness (QED) is 0.498. The molecule has 1 heterocycles. The molecule has 0 radical (unpaired) electrons. The molecule has 1 aromatic carbocycles. The van der Waals surface area contributed by atoms with Gasteiger partial charge in [0.15, 0.2) is 0 Å². The molecule has 0 aliphatic heterocycles. The van der Waals surface area contributed by atoms with Crippen molar-refractivity contribution in [1.29, 1.82) is 0 Å². The molecule has 10 heteroatoms. The zero-order valence-electron chi connectivity index (χ0n) is 14.4. The number of rotatable bonds is 9. The highest BCUT2D eigenvalue weighted by Crippen LogP contribution is 2.32. The fraction of sp³-hybridized carbons (Fsp3) is 0.353. The average molecular weight is 405 g/mol. The minimum absolute atomic E-state index is 0.00725. The Hall–Kier alpha value is -2.04. The third kappa shape index (κ3) is 7.24. The Bertz CT molecular complexity index is 739. The summed E-state index contributed by atoms with van der Waals surface area (Å²) in [6.45, 7) is 1.21. The van der Waals surface area contributed by atoms with E-state index >= 15 is 0 Å². The first-order valence-corrected chi connectivity index (χ1v) is 9.52. The van der Waals surface area contributed by atoms with Crippen molar-refractivity contribution in [2.24, 2.45) is 0 Å². The van der Waals surface area contributed by atoms with E-state index in [1.165, 1.54) is 24.3 Å². The van der Waals surface area contributed by atoms with Gasteiger partial charge in [0.2, 0.25) is 5.88 Å². The highest BCUT2D eigenvalue weighted by atomic mass is 32.2. The predicted molar refractivity (Wildman–Crippen MR) is 93.8 cm³/mol. The lowest BCUT2D eigenvalue weighted by Gasteiger charge is -2.21. The van der Waals surface area contributed by atoms with Gasteiger partial charge in [-0.25, -0.2) is 18.3 Å². The van der Waals surface area contributed by atoms with Gasteiger partial charge in [-0.05, 0) is 17.2 Å². The molecular formula is C17H19F4N3O2S. The molecule has 0 saturated heterocycles. The second kappa shape index (κ2) is 9.77. The van der Waals surface area contributed by atoms with Gasteiger partial charge in [-0.3, -0.25) is 0 Å². The summed E-state index contributed by atoms with van der Waals surface area (Å²) in [6, 6.07) is 6.54. The molecule has 0 saturated carbocycles. The predicted octanol–water partition coefficient (Wildman–Crippen LogP) is 2.88. The summed E-state index contributed by atoms with van der Waals surface area (Å²) in [6.07, 6.45) is -2.33. The minimum atomic E-state index is -4.54. The highest BCUT2D eigenvalue weighted by molar-refractivity contribution is 7.82. The molecule has 0 aliphatic rings. The molecule has 1 aromatic heterocycles. The summed E-state index contributed by atoms with van der Waals surface area (Å²) in [5, 5.41) is 3.08. The van der Waals surface area contributed by atoms with Crippen LogP contribution < -0.4 is 14.8 Å². The van der Waals surface area contributed by atoms with Crippen LogP contribution in [0, 0.1) is 5.82 Å². The Morgan fingerprint density at radius 1 is 1.19 bits per heavy atom. The van der Waals surface area contributed by atoms with E-state index in [0.29, 0.717) is 25.6 Å². The molecule has 0 spiro atoms. The van der Waals surface area contributed by atoms with Crippen molar-refractivity contribution in [3.63, 3.8) is 0 Å². The normalized spacial score (nSPS) is 14.0. The number of halogens is 4. The van der Waals surface area contributed by atoms with Gasteiger partial charge in [-0.15, -0.1) is 0 Å². The van der Waals surface area contributed by atoms with E-state index < -0.39 is 29.0 Å². The number of hydrogen-bond donors (Lipinski definition) is 2. The largest absolute Gasteiger partial charge is 0.476 e. The topological polar surface area (TPSA) is 63.2 Å². The van der Waals surface area contributed by atoms with Crippen LogP contribution in [-0.2, 0) is 17.5 Å². The maximum absolute atomic E-state index is 13.1. The second-order valence-corrected chi connectivity index (χ2v) is 6.77. The molecule has 0 amide bonds. The fourth-order valence-corrected chi connectivity index (χ4v) is 2.83. The van der Waals surface area contributed by atoms with Gasteiger partial charge < -0.3 is 10.1 Å². The number of ether oxygens (including phenoxy) is 1. The van der Waals surface area contributed by atoms with Crippen molar-refractivity contribution >= 4 is 11.0 Å². The molecule has 2 atom stereocenters. The lowest BCUT2D eigenvalue weighted by atomic mass is 10.1. The van der Waals surface area contributed by atoms with Crippen LogP contribution in [0.3, 0.4) is 0 Å². The highest BCUT2D eigenvalue weighted by Gasteiger charge is 2.41. The summed E-state index contributed by atoms with van der Waals surface area (Å²) in [7, 11) is -1.79. The fourth-order valence-electron chi connectivity index (χ4n) is 2.23. The molecule has 27 heavy (non-hydrogen) atoms. The van der Waals surface area contributed by atoms with Gasteiger partial charge in [-0.2, -0.15) is 13.2 Å². The second-order valence-electron chi connectivity index (χ2n) is 5.63. The van der Waals surface area contributed by atoms with Crippen molar-refractivity contribution in [3.05, 3.63) is 59.5 Å². The van der Waals surface area contributed by atoms with Gasteiger partial charge in [0, 0.05) is 25.4 Å². The third-order valence-corrected chi connectivity index (χ3v) is 4.05.